The predicted molar refractivity (Wildman–Crippen MR) is 99.0 cm³/mol. The summed E-state index contributed by atoms with van der Waals surface area (Å²) >= 11 is 3.18. The molecule has 0 radical (unpaired) electrons. The van der Waals surface area contributed by atoms with Crippen molar-refractivity contribution in [3.05, 3.63) is 63.9 Å². The molecule has 4 nitrogen and oxygen atoms in total. The second kappa shape index (κ2) is 7.87. The van der Waals surface area contributed by atoms with Crippen LogP contribution in [0.3, 0.4) is 0 Å². The van der Waals surface area contributed by atoms with Crippen LogP contribution in [0.15, 0.2) is 46.9 Å². The van der Waals surface area contributed by atoms with E-state index in [9.17, 15) is 9.18 Å². The minimum absolute atomic E-state index is 0.0846. The van der Waals surface area contributed by atoms with Crippen LogP contribution in [0.25, 0.3) is 0 Å². The van der Waals surface area contributed by atoms with Crippen LogP contribution in [0.5, 0.6) is 0 Å². The molecule has 0 atom stereocenters. The van der Waals surface area contributed by atoms with E-state index in [2.05, 4.69) is 26.6 Å². The van der Waals surface area contributed by atoms with Crippen LogP contribution >= 0.6 is 15.9 Å². The summed E-state index contributed by atoms with van der Waals surface area (Å²) < 4.78 is 19.3. The lowest BCUT2D eigenvalue weighted by molar-refractivity contribution is 0.129. The number of aryl methyl sites for hydroxylation is 1. The smallest absolute Gasteiger partial charge is 0.407 e. The topological polar surface area (TPSA) is 50.4 Å². The first-order chi connectivity index (χ1) is 12.0. The van der Waals surface area contributed by atoms with Crippen molar-refractivity contribution in [3.8, 4) is 0 Å². The van der Waals surface area contributed by atoms with Gasteiger partial charge in [0, 0.05) is 17.8 Å². The lowest BCUT2D eigenvalue weighted by Crippen LogP contribution is -2.49. The molecule has 1 fully saturated rings. The van der Waals surface area contributed by atoms with Gasteiger partial charge in [-0.3, -0.25) is 0 Å². The van der Waals surface area contributed by atoms with Gasteiger partial charge in [0.25, 0.3) is 0 Å². The van der Waals surface area contributed by atoms with Gasteiger partial charge in [0.2, 0.25) is 0 Å². The SMILES string of the molecule is Cc1cc(Br)c(F)cc1NC1CC(NC(=O)OCc2ccccc2)C1. The molecular weight excluding hydrogens is 387 g/mol. The summed E-state index contributed by atoms with van der Waals surface area (Å²) in [5.41, 5.74) is 2.72. The van der Waals surface area contributed by atoms with Crippen molar-refractivity contribution in [2.24, 2.45) is 0 Å². The van der Waals surface area contributed by atoms with Crippen molar-refractivity contribution >= 4 is 27.7 Å². The molecule has 0 aromatic heterocycles. The molecule has 2 aromatic rings. The predicted octanol–water partition coefficient (Wildman–Crippen LogP) is 4.77. The third kappa shape index (κ3) is 4.72. The van der Waals surface area contributed by atoms with E-state index in [0.29, 0.717) is 4.47 Å². The summed E-state index contributed by atoms with van der Waals surface area (Å²) in [6, 6.07) is 13.1. The molecule has 25 heavy (non-hydrogen) atoms. The highest BCUT2D eigenvalue weighted by Crippen LogP contribution is 2.29. The van der Waals surface area contributed by atoms with Gasteiger partial charge in [0.05, 0.1) is 4.47 Å². The van der Waals surface area contributed by atoms with E-state index >= 15 is 0 Å². The maximum Gasteiger partial charge on any atom is 0.407 e. The van der Waals surface area contributed by atoms with Gasteiger partial charge in [-0.1, -0.05) is 30.3 Å². The average molecular weight is 407 g/mol. The van der Waals surface area contributed by atoms with Gasteiger partial charge in [0.15, 0.2) is 0 Å². The number of nitrogens with one attached hydrogen (secondary N) is 2. The fourth-order valence-corrected chi connectivity index (χ4v) is 3.26. The molecule has 1 aliphatic carbocycles. The quantitative estimate of drug-likeness (QED) is 0.751. The fraction of sp³-hybridized carbons (Fsp3) is 0.316. The first-order valence-corrected chi connectivity index (χ1v) is 9.00. The lowest BCUT2D eigenvalue weighted by Gasteiger charge is -2.37. The zero-order chi connectivity index (χ0) is 17.8. The Kier molecular flexibility index (Phi) is 5.58. The zero-order valence-corrected chi connectivity index (χ0v) is 15.5. The van der Waals surface area contributed by atoms with Crippen molar-refractivity contribution < 1.29 is 13.9 Å². The number of anilines is 1. The molecule has 1 aliphatic rings. The number of hydrogen-bond donors (Lipinski definition) is 2. The number of halogens is 2. The highest BCUT2D eigenvalue weighted by Gasteiger charge is 2.31. The number of ether oxygens (including phenoxy) is 1. The number of hydrogen-bond acceptors (Lipinski definition) is 3. The van der Waals surface area contributed by atoms with Crippen LogP contribution in [-0.4, -0.2) is 18.2 Å². The Hall–Kier alpha value is -2.08. The molecule has 0 bridgehead atoms. The molecule has 2 N–H and O–H groups in total. The molecule has 0 saturated heterocycles. The molecule has 1 amide bonds. The highest BCUT2D eigenvalue weighted by molar-refractivity contribution is 9.10. The second-order valence-electron chi connectivity index (χ2n) is 6.30. The zero-order valence-electron chi connectivity index (χ0n) is 13.9. The van der Waals surface area contributed by atoms with Gasteiger partial charge >= 0.3 is 6.09 Å². The fourth-order valence-electron chi connectivity index (χ4n) is 2.81. The third-order valence-electron chi connectivity index (χ3n) is 4.30. The van der Waals surface area contributed by atoms with Crippen molar-refractivity contribution in [1.29, 1.82) is 0 Å². The summed E-state index contributed by atoms with van der Waals surface area (Å²) in [5, 5.41) is 6.18. The molecule has 1 saturated carbocycles. The molecule has 132 valence electrons. The Morgan fingerprint density at radius 2 is 1.96 bits per heavy atom. The van der Waals surface area contributed by atoms with Crippen molar-refractivity contribution in [2.45, 2.75) is 38.5 Å². The average Bonchev–Trinajstić information content (AvgIpc) is 2.56. The number of carbonyl (C=O) groups is 1. The van der Waals surface area contributed by atoms with E-state index in [-0.39, 0.29) is 24.5 Å². The number of benzene rings is 2. The molecule has 2 aromatic carbocycles. The van der Waals surface area contributed by atoms with Crippen molar-refractivity contribution in [1.82, 2.24) is 5.32 Å². The minimum Gasteiger partial charge on any atom is -0.445 e. The van der Waals surface area contributed by atoms with E-state index in [1.165, 1.54) is 6.07 Å². The maximum atomic E-state index is 13.6. The van der Waals surface area contributed by atoms with E-state index < -0.39 is 6.09 Å². The number of rotatable bonds is 5. The molecular formula is C19H20BrFN2O2. The van der Waals surface area contributed by atoms with Gasteiger partial charge in [-0.15, -0.1) is 0 Å². The van der Waals surface area contributed by atoms with Crippen molar-refractivity contribution in [3.63, 3.8) is 0 Å². The standard InChI is InChI=1S/C19H20BrFN2O2/c1-12-7-16(20)17(21)10-18(12)22-14-8-15(9-14)23-19(24)25-11-13-5-3-2-4-6-13/h2-7,10,14-15,22H,8-9,11H2,1H3,(H,23,24). The molecule has 0 aliphatic heterocycles. The molecule has 3 rings (SSSR count). The molecule has 6 heteroatoms. The van der Waals surface area contributed by atoms with E-state index in [0.717, 1.165) is 29.7 Å². The van der Waals surface area contributed by atoms with Crippen LogP contribution in [0, 0.1) is 12.7 Å². The van der Waals surface area contributed by atoms with Crippen LogP contribution in [-0.2, 0) is 11.3 Å². The number of alkyl carbamates (subject to hydrolysis) is 1. The van der Waals surface area contributed by atoms with Crippen LogP contribution < -0.4 is 10.6 Å². The number of amides is 1. The summed E-state index contributed by atoms with van der Waals surface area (Å²) in [6.07, 6.45) is 1.17. The van der Waals surface area contributed by atoms with Gasteiger partial charge in [-0.2, -0.15) is 0 Å². The molecule has 0 heterocycles. The first-order valence-electron chi connectivity index (χ1n) is 8.20. The Bertz CT molecular complexity index is 749. The Balaban J connectivity index is 1.41. The molecule has 0 spiro atoms. The summed E-state index contributed by atoms with van der Waals surface area (Å²) in [5.74, 6) is -0.286. The number of carbonyl (C=O) groups excluding carboxylic acids is 1. The van der Waals surface area contributed by atoms with E-state index in [1.54, 1.807) is 6.07 Å². The van der Waals surface area contributed by atoms with Gasteiger partial charge in [0.1, 0.15) is 12.4 Å². The Labute approximate surface area is 154 Å². The van der Waals surface area contributed by atoms with Gasteiger partial charge in [-0.05, 0) is 59.0 Å². The summed E-state index contributed by atoms with van der Waals surface area (Å²) in [6.45, 7) is 2.19. The normalized spacial score (nSPS) is 19.0. The van der Waals surface area contributed by atoms with Gasteiger partial charge < -0.3 is 15.4 Å². The largest absolute Gasteiger partial charge is 0.445 e. The highest BCUT2D eigenvalue weighted by atomic mass is 79.9. The van der Waals surface area contributed by atoms with E-state index in [1.807, 2.05) is 37.3 Å². The monoisotopic (exact) mass is 406 g/mol. The summed E-state index contributed by atoms with van der Waals surface area (Å²) in [4.78, 5) is 11.8. The van der Waals surface area contributed by atoms with Crippen molar-refractivity contribution in [2.75, 3.05) is 5.32 Å². The third-order valence-corrected chi connectivity index (χ3v) is 4.91. The lowest BCUT2D eigenvalue weighted by atomic mass is 9.86. The van der Waals surface area contributed by atoms with Crippen LogP contribution in [0.2, 0.25) is 0 Å². The maximum absolute atomic E-state index is 13.6. The van der Waals surface area contributed by atoms with E-state index in [4.69, 9.17) is 4.74 Å². The minimum atomic E-state index is -0.404. The molecule has 0 unspecified atom stereocenters. The summed E-state index contributed by atoms with van der Waals surface area (Å²) in [7, 11) is 0. The Morgan fingerprint density at radius 1 is 1.24 bits per heavy atom. The van der Waals surface area contributed by atoms with Gasteiger partial charge in [-0.25, -0.2) is 9.18 Å². The Morgan fingerprint density at radius 3 is 2.68 bits per heavy atom. The van der Waals surface area contributed by atoms with Crippen LogP contribution in [0.4, 0.5) is 14.9 Å². The second-order valence-corrected chi connectivity index (χ2v) is 7.15. The first kappa shape index (κ1) is 17.7. The van der Waals surface area contributed by atoms with Crippen LogP contribution in [0.1, 0.15) is 24.0 Å².